The molecule has 4 atom stereocenters. The first-order chi connectivity index (χ1) is 20.3. The van der Waals surface area contributed by atoms with Crippen molar-refractivity contribution in [1.82, 2.24) is 10.6 Å². The van der Waals surface area contributed by atoms with Gasteiger partial charge in [0.25, 0.3) is 11.6 Å². The van der Waals surface area contributed by atoms with Crippen LogP contribution in [0.2, 0.25) is 0 Å². The lowest BCUT2D eigenvalue weighted by molar-refractivity contribution is -0.384. The predicted octanol–water partition coefficient (Wildman–Crippen LogP) is 0.639. The van der Waals surface area contributed by atoms with Crippen LogP contribution in [-0.2, 0) is 35.3 Å². The molecule has 17 heteroatoms. The second-order valence-electron chi connectivity index (χ2n) is 9.01. The minimum Gasteiger partial charge on any atom is -0.437 e. The zero-order chi connectivity index (χ0) is 32.1. The fourth-order valence-electron chi connectivity index (χ4n) is 3.44. The Kier molecular flexibility index (Phi) is 12.5. The van der Waals surface area contributed by atoms with E-state index in [0.29, 0.717) is 17.5 Å². The second kappa shape index (κ2) is 16.0. The van der Waals surface area contributed by atoms with Crippen molar-refractivity contribution in [3.63, 3.8) is 0 Å². The normalized spacial score (nSPS) is 13.3. The molecular formula is C26H30N6O11. The zero-order valence-corrected chi connectivity index (χ0v) is 23.0. The summed E-state index contributed by atoms with van der Waals surface area (Å²) in [5, 5.41) is 18.4. The number of nitrogens with one attached hydrogen (secondary N) is 3. The van der Waals surface area contributed by atoms with Gasteiger partial charge in [0.15, 0.2) is 6.10 Å². The minimum absolute atomic E-state index is 0.0491. The fraction of sp³-hybridized carbons (Fsp3) is 0.308. The first-order valence-electron chi connectivity index (χ1n) is 12.5. The summed E-state index contributed by atoms with van der Waals surface area (Å²) in [6.07, 6.45) is -3.52. The quantitative estimate of drug-likeness (QED) is 0.0618. The van der Waals surface area contributed by atoms with E-state index in [1.54, 1.807) is 0 Å². The van der Waals surface area contributed by atoms with Gasteiger partial charge in [-0.15, -0.1) is 0 Å². The number of amides is 4. The summed E-state index contributed by atoms with van der Waals surface area (Å²) < 4.78 is 14.5. The Labute approximate surface area is 244 Å². The van der Waals surface area contributed by atoms with Crippen LogP contribution < -0.4 is 32.2 Å². The fourth-order valence-corrected chi connectivity index (χ4v) is 3.44. The maximum atomic E-state index is 12.9. The molecule has 0 bridgehead atoms. The summed E-state index contributed by atoms with van der Waals surface area (Å²) in [5.74, 6) is -2.26. The molecule has 2 rings (SSSR count). The van der Waals surface area contributed by atoms with Gasteiger partial charge in [-0.2, -0.15) is 0 Å². The molecule has 1 unspecified atom stereocenters. The van der Waals surface area contributed by atoms with Gasteiger partial charge in [-0.25, -0.2) is 9.59 Å². The summed E-state index contributed by atoms with van der Waals surface area (Å²) in [6, 6.07) is 7.54. The number of primary amides is 2. The van der Waals surface area contributed by atoms with Crippen molar-refractivity contribution in [3.8, 4) is 5.75 Å². The maximum absolute atomic E-state index is 12.9. The number of hydrogen-bond donors (Lipinski definition) is 5. The van der Waals surface area contributed by atoms with E-state index in [2.05, 4.69) is 20.7 Å². The molecule has 230 valence electrons. The molecule has 0 aliphatic rings. The molecule has 2 aromatic rings. The highest BCUT2D eigenvalue weighted by Gasteiger charge is 2.29. The van der Waals surface area contributed by atoms with Crippen LogP contribution in [0.1, 0.15) is 25.8 Å². The van der Waals surface area contributed by atoms with E-state index >= 15 is 0 Å². The third-order valence-electron chi connectivity index (χ3n) is 5.66. The lowest BCUT2D eigenvalue weighted by Gasteiger charge is -2.26. The second-order valence-corrected chi connectivity index (χ2v) is 9.01. The molecule has 0 aliphatic carbocycles. The molecule has 0 saturated heterocycles. The van der Waals surface area contributed by atoms with Crippen molar-refractivity contribution in [2.45, 2.75) is 51.1 Å². The van der Waals surface area contributed by atoms with Crippen molar-refractivity contribution in [2.24, 2.45) is 11.5 Å². The van der Waals surface area contributed by atoms with Gasteiger partial charge in [0, 0.05) is 23.9 Å². The van der Waals surface area contributed by atoms with E-state index in [1.807, 2.05) is 0 Å². The first kappa shape index (κ1) is 33.6. The Bertz CT molecular complexity index is 1330. The highest BCUT2D eigenvalue weighted by molar-refractivity contribution is 5.97. The monoisotopic (exact) mass is 602 g/mol. The van der Waals surface area contributed by atoms with E-state index < -0.39 is 65.5 Å². The summed E-state index contributed by atoms with van der Waals surface area (Å²) in [6.45, 7) is 2.52. The summed E-state index contributed by atoms with van der Waals surface area (Å²) in [7, 11) is 0. The van der Waals surface area contributed by atoms with Gasteiger partial charge in [0.2, 0.25) is 11.8 Å². The average molecular weight is 603 g/mol. The molecule has 0 spiro atoms. The largest absolute Gasteiger partial charge is 0.514 e. The number of nitro groups is 1. The number of aldehydes is 1. The van der Waals surface area contributed by atoms with Crippen LogP contribution in [-0.4, -0.2) is 65.4 Å². The summed E-state index contributed by atoms with van der Waals surface area (Å²) in [4.78, 5) is 81.3. The molecule has 0 saturated carbocycles. The standard InChI is InChI=1S/C26H30N6O11/c1-14(29-23(35)15(2)42-25(28)37)21(12-33)31-20(11-22(27)34)24(36)30-17-5-3-16(4-6-17)13-41-26(38)43-19-9-7-18(8-10-19)32(39)40/h3-10,12,14-15,20-21,31H,11,13H2,1-2H3,(H2,27,34)(H2,28,37)(H,29,35)(H,30,36)/t14?,15-,20-,21+/m0/s1. The number of anilines is 1. The first-order valence-corrected chi connectivity index (χ1v) is 12.5. The smallest absolute Gasteiger partial charge is 0.437 e. The van der Waals surface area contributed by atoms with Crippen LogP contribution in [0.4, 0.5) is 21.0 Å². The van der Waals surface area contributed by atoms with Crippen molar-refractivity contribution < 1.29 is 47.9 Å². The van der Waals surface area contributed by atoms with E-state index in [9.17, 15) is 38.9 Å². The lowest BCUT2D eigenvalue weighted by Crippen LogP contribution is -2.57. The number of nitro benzene ring substituents is 1. The van der Waals surface area contributed by atoms with Crippen LogP contribution in [0.15, 0.2) is 48.5 Å². The molecule has 43 heavy (non-hydrogen) atoms. The Morgan fingerprint density at radius 3 is 2.14 bits per heavy atom. The Morgan fingerprint density at radius 1 is 0.977 bits per heavy atom. The molecule has 17 nitrogen and oxygen atoms in total. The third-order valence-corrected chi connectivity index (χ3v) is 5.66. The number of carbonyl (C=O) groups is 6. The van der Waals surface area contributed by atoms with Gasteiger partial charge in [0.05, 0.1) is 23.4 Å². The van der Waals surface area contributed by atoms with Crippen molar-refractivity contribution in [3.05, 3.63) is 64.2 Å². The molecule has 2 aromatic carbocycles. The number of carbonyl (C=O) groups excluding carboxylic acids is 6. The van der Waals surface area contributed by atoms with Crippen molar-refractivity contribution >= 4 is 47.6 Å². The SMILES string of the molecule is CC(NC(=O)[C@H](C)OC(N)=O)[C@@H](C=O)N[C@@H](CC(N)=O)C(=O)Nc1ccc(COC(=O)Oc2ccc([N+](=O)[O-])cc2)cc1. The third kappa shape index (κ3) is 11.4. The molecule has 0 heterocycles. The topological polar surface area (TPSA) is 261 Å². The molecule has 0 aromatic heterocycles. The molecule has 0 radical (unpaired) electrons. The highest BCUT2D eigenvalue weighted by atomic mass is 16.7. The number of benzene rings is 2. The van der Waals surface area contributed by atoms with E-state index in [4.69, 9.17) is 20.9 Å². The van der Waals surface area contributed by atoms with Crippen molar-refractivity contribution in [2.75, 3.05) is 5.32 Å². The average Bonchev–Trinajstić information content (AvgIpc) is 2.94. The summed E-state index contributed by atoms with van der Waals surface area (Å²) >= 11 is 0. The number of hydrogen-bond acceptors (Lipinski definition) is 12. The number of ether oxygens (including phenoxy) is 3. The number of nitrogens with zero attached hydrogens (tertiary/aromatic N) is 1. The van der Waals surface area contributed by atoms with Crippen LogP contribution in [0, 0.1) is 10.1 Å². The van der Waals surface area contributed by atoms with Crippen LogP contribution in [0.25, 0.3) is 0 Å². The van der Waals surface area contributed by atoms with Crippen molar-refractivity contribution in [1.29, 1.82) is 0 Å². The van der Waals surface area contributed by atoms with Crippen LogP contribution in [0.5, 0.6) is 5.75 Å². The predicted molar refractivity (Wildman–Crippen MR) is 147 cm³/mol. The van der Waals surface area contributed by atoms with Crippen LogP contribution >= 0.6 is 0 Å². The Balaban J connectivity index is 1.95. The molecule has 7 N–H and O–H groups in total. The molecule has 0 fully saturated rings. The van der Waals surface area contributed by atoms with Gasteiger partial charge in [0.1, 0.15) is 18.6 Å². The molecule has 0 aliphatic heterocycles. The van der Waals surface area contributed by atoms with E-state index in [1.165, 1.54) is 62.4 Å². The number of rotatable bonds is 15. The van der Waals surface area contributed by atoms with E-state index in [-0.39, 0.29) is 18.0 Å². The van der Waals surface area contributed by atoms with E-state index in [0.717, 1.165) is 0 Å². The molecule has 4 amide bonds. The Hall–Kier alpha value is -5.58. The Morgan fingerprint density at radius 2 is 1.60 bits per heavy atom. The maximum Gasteiger partial charge on any atom is 0.514 e. The van der Waals surface area contributed by atoms with Gasteiger partial charge < -0.3 is 41.1 Å². The number of nitrogens with two attached hydrogens (primary N) is 2. The highest BCUT2D eigenvalue weighted by Crippen LogP contribution is 2.18. The summed E-state index contributed by atoms with van der Waals surface area (Å²) in [5.41, 5.74) is 10.8. The lowest BCUT2D eigenvalue weighted by atomic mass is 10.1. The minimum atomic E-state index is -1.27. The van der Waals surface area contributed by atoms with Gasteiger partial charge in [-0.3, -0.25) is 29.8 Å². The zero-order valence-electron chi connectivity index (χ0n) is 23.0. The number of non-ortho nitro benzene ring substituents is 1. The van der Waals surface area contributed by atoms with Crippen LogP contribution in [0.3, 0.4) is 0 Å². The van der Waals surface area contributed by atoms with Gasteiger partial charge >= 0.3 is 12.2 Å². The van der Waals surface area contributed by atoms with Gasteiger partial charge in [-0.05, 0) is 43.7 Å². The van der Waals surface area contributed by atoms with Gasteiger partial charge in [-0.1, -0.05) is 12.1 Å². The molecular weight excluding hydrogens is 572 g/mol.